The number of pyridine rings is 1. The van der Waals surface area contributed by atoms with Gasteiger partial charge >= 0.3 is 6.09 Å². The highest BCUT2D eigenvalue weighted by molar-refractivity contribution is 6.02. The van der Waals surface area contributed by atoms with Crippen molar-refractivity contribution in [3.05, 3.63) is 30.2 Å². The molecule has 9 heteroatoms. The van der Waals surface area contributed by atoms with E-state index in [4.69, 9.17) is 9.72 Å². The third-order valence-electron chi connectivity index (χ3n) is 5.96. The fraction of sp³-hybridized carbons (Fsp3) is 0.538. The number of nitrogens with zero attached hydrogens (tertiary/aromatic N) is 6. The zero-order chi connectivity index (χ0) is 25.5. The van der Waals surface area contributed by atoms with Gasteiger partial charge in [0.1, 0.15) is 11.2 Å². The number of aryl methyl sites for hydroxylation is 1. The molecule has 1 fully saturated rings. The van der Waals surface area contributed by atoms with Crippen LogP contribution in [0.15, 0.2) is 24.5 Å². The Bertz CT molecular complexity index is 1210. The Labute approximate surface area is 207 Å². The zero-order valence-corrected chi connectivity index (χ0v) is 22.1. The van der Waals surface area contributed by atoms with Crippen molar-refractivity contribution in [3.63, 3.8) is 0 Å². The lowest BCUT2D eigenvalue weighted by molar-refractivity contribution is 0.0547. The molecule has 0 unspecified atom stereocenters. The van der Waals surface area contributed by atoms with E-state index in [1.165, 1.54) is 4.90 Å². The predicted molar refractivity (Wildman–Crippen MR) is 140 cm³/mol. The van der Waals surface area contributed by atoms with Gasteiger partial charge in [0.15, 0.2) is 0 Å². The number of carbonyl (C=O) groups excluding carboxylic acids is 1. The number of carbonyl (C=O) groups is 1. The highest BCUT2D eigenvalue weighted by Crippen LogP contribution is 2.36. The molecule has 4 rings (SSSR count). The fourth-order valence-corrected chi connectivity index (χ4v) is 4.31. The number of nitrogens with one attached hydrogen (secondary N) is 1. The van der Waals surface area contributed by atoms with E-state index in [0.29, 0.717) is 5.95 Å². The van der Waals surface area contributed by atoms with Gasteiger partial charge in [-0.25, -0.2) is 24.6 Å². The van der Waals surface area contributed by atoms with Gasteiger partial charge in [-0.3, -0.25) is 0 Å². The Morgan fingerprint density at radius 1 is 1.09 bits per heavy atom. The summed E-state index contributed by atoms with van der Waals surface area (Å²) >= 11 is 0. The Balaban J connectivity index is 1.81. The van der Waals surface area contributed by atoms with Gasteiger partial charge in [0.05, 0.1) is 16.8 Å². The van der Waals surface area contributed by atoms with Crippen molar-refractivity contribution in [1.29, 1.82) is 0 Å². The maximum absolute atomic E-state index is 13.2. The number of aromatic nitrogens is 4. The zero-order valence-electron chi connectivity index (χ0n) is 22.1. The van der Waals surface area contributed by atoms with Crippen LogP contribution in [0, 0.1) is 6.92 Å². The van der Waals surface area contributed by atoms with E-state index in [-0.39, 0.29) is 0 Å². The quantitative estimate of drug-likeness (QED) is 0.586. The molecule has 4 heterocycles. The second kappa shape index (κ2) is 9.11. The van der Waals surface area contributed by atoms with Crippen LogP contribution >= 0.6 is 0 Å². The van der Waals surface area contributed by atoms with Crippen LogP contribution < -0.4 is 9.80 Å². The maximum Gasteiger partial charge on any atom is 0.417 e. The minimum absolute atomic E-state index is 0.320. The van der Waals surface area contributed by atoms with Crippen molar-refractivity contribution < 1.29 is 9.53 Å². The lowest BCUT2D eigenvalue weighted by Crippen LogP contribution is -2.49. The average molecular weight is 480 g/mol. The standard InChI is InChI=1S/C26H37N7O2/c1-17-15-19(30-23(29-17)33(25(2,3)4)24(34)35-26(5,6)7)18-16-28-22-21(18)20(9-10-27-22)32-13-11-31(8)12-14-32/h9-10,15-16H,11-14H2,1-8H3,(H,27,28). The summed E-state index contributed by atoms with van der Waals surface area (Å²) in [5, 5.41) is 1.03. The average Bonchev–Trinajstić information content (AvgIpc) is 3.16. The maximum atomic E-state index is 13.2. The minimum Gasteiger partial charge on any atom is -0.443 e. The molecule has 1 N–H and O–H groups in total. The highest BCUT2D eigenvalue weighted by Gasteiger charge is 2.34. The van der Waals surface area contributed by atoms with Crippen LogP contribution in [0.5, 0.6) is 0 Å². The van der Waals surface area contributed by atoms with Crippen LogP contribution in [0.3, 0.4) is 0 Å². The first kappa shape index (κ1) is 24.9. The van der Waals surface area contributed by atoms with Crippen LogP contribution in [-0.4, -0.2) is 75.3 Å². The number of amides is 1. The monoisotopic (exact) mass is 479 g/mol. The number of H-pyrrole nitrogens is 1. The number of hydrogen-bond donors (Lipinski definition) is 1. The molecule has 0 bridgehead atoms. The smallest absolute Gasteiger partial charge is 0.417 e. The molecule has 9 nitrogen and oxygen atoms in total. The summed E-state index contributed by atoms with van der Waals surface area (Å²) in [4.78, 5) is 36.9. The molecule has 0 saturated carbocycles. The number of aromatic amines is 1. The Morgan fingerprint density at radius 3 is 2.40 bits per heavy atom. The minimum atomic E-state index is -0.632. The summed E-state index contributed by atoms with van der Waals surface area (Å²) in [5.74, 6) is 0.320. The van der Waals surface area contributed by atoms with Gasteiger partial charge in [-0.05, 0) is 67.6 Å². The molecular formula is C26H37N7O2. The largest absolute Gasteiger partial charge is 0.443 e. The number of fused-ring (bicyclic) bond motifs is 1. The van der Waals surface area contributed by atoms with Crippen LogP contribution in [0.4, 0.5) is 16.4 Å². The van der Waals surface area contributed by atoms with E-state index < -0.39 is 17.2 Å². The summed E-state index contributed by atoms with van der Waals surface area (Å²) < 4.78 is 5.71. The van der Waals surface area contributed by atoms with E-state index in [1.54, 1.807) is 0 Å². The van der Waals surface area contributed by atoms with Gasteiger partial charge < -0.3 is 19.5 Å². The Hall–Kier alpha value is -3.20. The van der Waals surface area contributed by atoms with E-state index in [0.717, 1.165) is 59.9 Å². The predicted octanol–water partition coefficient (Wildman–Crippen LogP) is 4.62. The SMILES string of the molecule is Cc1cc(-c2c[nH]c3nccc(N4CCN(C)CC4)c23)nc(N(C(=O)OC(C)(C)C)C(C)(C)C)n1. The first-order valence-corrected chi connectivity index (χ1v) is 12.1. The van der Waals surface area contributed by atoms with Crippen molar-refractivity contribution >= 4 is 28.8 Å². The molecule has 0 atom stereocenters. The second-order valence-electron chi connectivity index (χ2n) is 11.2. The van der Waals surface area contributed by atoms with Crippen molar-refractivity contribution in [2.45, 2.75) is 59.6 Å². The van der Waals surface area contributed by atoms with Gasteiger partial charge in [-0.15, -0.1) is 0 Å². The van der Waals surface area contributed by atoms with Crippen molar-refractivity contribution in [2.75, 3.05) is 43.0 Å². The number of likely N-dealkylation sites (N-methyl/N-ethyl adjacent to an activating group) is 1. The van der Waals surface area contributed by atoms with E-state index in [9.17, 15) is 4.79 Å². The molecule has 3 aromatic heterocycles. The summed E-state index contributed by atoms with van der Waals surface area (Å²) in [7, 11) is 2.15. The molecule has 3 aromatic rings. The van der Waals surface area contributed by atoms with Gasteiger partial charge in [0, 0.05) is 55.4 Å². The topological polar surface area (TPSA) is 90.5 Å². The molecule has 1 aliphatic rings. The number of rotatable bonds is 3. The number of anilines is 2. The molecule has 35 heavy (non-hydrogen) atoms. The van der Waals surface area contributed by atoms with E-state index in [2.05, 4.69) is 37.9 Å². The molecule has 0 aliphatic carbocycles. The van der Waals surface area contributed by atoms with Gasteiger partial charge in [-0.2, -0.15) is 0 Å². The van der Waals surface area contributed by atoms with Crippen LogP contribution in [0.2, 0.25) is 0 Å². The normalized spacial score (nSPS) is 15.5. The highest BCUT2D eigenvalue weighted by atomic mass is 16.6. The third kappa shape index (κ3) is 5.40. The molecule has 1 saturated heterocycles. The fourth-order valence-electron chi connectivity index (χ4n) is 4.31. The van der Waals surface area contributed by atoms with Crippen molar-refractivity contribution in [1.82, 2.24) is 24.8 Å². The van der Waals surface area contributed by atoms with Gasteiger partial charge in [0.2, 0.25) is 5.95 Å². The van der Waals surface area contributed by atoms with Gasteiger partial charge in [0.25, 0.3) is 0 Å². The molecule has 0 spiro atoms. The molecule has 1 aliphatic heterocycles. The molecule has 0 radical (unpaired) electrons. The van der Waals surface area contributed by atoms with Crippen molar-refractivity contribution in [2.24, 2.45) is 0 Å². The lowest BCUT2D eigenvalue weighted by atomic mass is 10.1. The first-order valence-electron chi connectivity index (χ1n) is 12.1. The molecule has 0 aromatic carbocycles. The third-order valence-corrected chi connectivity index (χ3v) is 5.96. The summed E-state index contributed by atoms with van der Waals surface area (Å²) in [6, 6.07) is 4.02. The lowest BCUT2D eigenvalue weighted by Gasteiger charge is -2.35. The second-order valence-corrected chi connectivity index (χ2v) is 11.2. The summed E-state index contributed by atoms with van der Waals surface area (Å²) in [6.45, 7) is 17.2. The van der Waals surface area contributed by atoms with Crippen LogP contribution in [0.25, 0.3) is 22.3 Å². The van der Waals surface area contributed by atoms with E-state index >= 15 is 0 Å². The first-order chi connectivity index (χ1) is 16.3. The molecule has 188 valence electrons. The van der Waals surface area contributed by atoms with E-state index in [1.807, 2.05) is 66.9 Å². The Kier molecular flexibility index (Phi) is 6.48. The van der Waals surface area contributed by atoms with Crippen LogP contribution in [0.1, 0.15) is 47.2 Å². The molecular weight excluding hydrogens is 442 g/mol. The molecule has 1 amide bonds. The number of ether oxygens (including phenoxy) is 1. The summed E-state index contributed by atoms with van der Waals surface area (Å²) in [6.07, 6.45) is 3.31. The Morgan fingerprint density at radius 2 is 1.77 bits per heavy atom. The number of hydrogen-bond acceptors (Lipinski definition) is 7. The summed E-state index contributed by atoms with van der Waals surface area (Å²) in [5.41, 5.74) is 3.17. The van der Waals surface area contributed by atoms with Crippen LogP contribution in [-0.2, 0) is 4.74 Å². The van der Waals surface area contributed by atoms with Gasteiger partial charge in [-0.1, -0.05) is 0 Å². The number of piperazine rings is 1. The van der Waals surface area contributed by atoms with Crippen molar-refractivity contribution in [3.8, 4) is 11.3 Å².